The standard InChI is InChI=1S/C48H56O9Si/c1-34(49)43-40(50)27-39(57-58(5,6)48(2,3)4)28-41(43)55-47-46(54-32-38-25-17-10-18-26-38)45(53-31-37-23-15-9-16-24-37)44(52-30-36-21-13-8-14-22-36)42(56-47)33-51-29-35-19-11-7-12-20-35/h7-28,42,44-47,50H,29-33H2,1-6H3/t42-,44-,45+,46-,47+/m1/s1. The lowest BCUT2D eigenvalue weighted by Crippen LogP contribution is -2.62. The van der Waals surface area contributed by atoms with E-state index in [1.807, 2.05) is 121 Å². The molecule has 9 nitrogen and oxygen atoms in total. The van der Waals surface area contributed by atoms with Crippen LogP contribution in [0.3, 0.4) is 0 Å². The number of ketones is 1. The molecule has 5 aromatic carbocycles. The van der Waals surface area contributed by atoms with E-state index in [2.05, 4.69) is 33.9 Å². The van der Waals surface area contributed by atoms with Crippen LogP contribution in [-0.2, 0) is 50.1 Å². The van der Waals surface area contributed by atoms with Crippen LogP contribution in [0.2, 0.25) is 18.1 Å². The molecule has 5 aromatic rings. The smallest absolute Gasteiger partial charge is 0.250 e. The van der Waals surface area contributed by atoms with Gasteiger partial charge in [0, 0.05) is 12.1 Å². The molecule has 0 spiro atoms. The quantitative estimate of drug-likeness (QED) is 0.0685. The molecule has 1 saturated heterocycles. The number of aromatic hydroxyl groups is 1. The number of benzene rings is 5. The summed E-state index contributed by atoms with van der Waals surface area (Å²) in [5, 5.41) is 11.2. The molecule has 0 bridgehead atoms. The first-order chi connectivity index (χ1) is 27.9. The SMILES string of the molecule is CC(=O)c1c(O)cc(O[Si](C)(C)C(C)(C)C)cc1O[C@H]1O[C@H](COCc2ccccc2)[C@@H](OCc2ccccc2)[C@H](OCc2ccccc2)[C@H]1OCc1ccccc1. The molecule has 1 fully saturated rings. The van der Waals surface area contributed by atoms with Crippen LogP contribution in [0.5, 0.6) is 17.2 Å². The van der Waals surface area contributed by atoms with Crippen LogP contribution in [-0.4, -0.2) is 56.5 Å². The number of hydrogen-bond acceptors (Lipinski definition) is 9. The van der Waals surface area contributed by atoms with E-state index in [4.69, 9.17) is 32.8 Å². The average Bonchev–Trinajstić information content (AvgIpc) is 3.20. The van der Waals surface area contributed by atoms with Crippen LogP contribution in [0, 0.1) is 0 Å². The molecular formula is C48H56O9Si. The predicted octanol–water partition coefficient (Wildman–Crippen LogP) is 10.1. The zero-order chi connectivity index (χ0) is 41.1. The van der Waals surface area contributed by atoms with Crippen LogP contribution in [0.1, 0.15) is 60.3 Å². The lowest BCUT2D eigenvalue weighted by Gasteiger charge is -2.46. The van der Waals surface area contributed by atoms with Crippen LogP contribution in [0.15, 0.2) is 133 Å². The lowest BCUT2D eigenvalue weighted by molar-refractivity contribution is -0.310. The number of phenols is 1. The molecule has 0 radical (unpaired) electrons. The Bertz CT molecular complexity index is 2020. The van der Waals surface area contributed by atoms with Crippen LogP contribution < -0.4 is 9.16 Å². The molecule has 0 aromatic heterocycles. The summed E-state index contributed by atoms with van der Waals surface area (Å²) in [6.45, 7) is 13.2. The molecule has 306 valence electrons. The van der Waals surface area contributed by atoms with Crippen LogP contribution in [0.4, 0.5) is 0 Å². The second kappa shape index (κ2) is 19.8. The highest BCUT2D eigenvalue weighted by atomic mass is 28.4. The summed E-state index contributed by atoms with van der Waals surface area (Å²) in [5.74, 6) is -0.133. The van der Waals surface area contributed by atoms with E-state index in [0.717, 1.165) is 22.3 Å². The average molecular weight is 805 g/mol. The van der Waals surface area contributed by atoms with Crippen molar-refractivity contribution in [1.82, 2.24) is 0 Å². The van der Waals surface area contributed by atoms with Crippen molar-refractivity contribution in [2.45, 2.75) is 103 Å². The Kier molecular flexibility index (Phi) is 14.6. The first kappa shape index (κ1) is 42.8. The Hall–Kier alpha value is -4.81. The van der Waals surface area contributed by atoms with Gasteiger partial charge in [-0.25, -0.2) is 0 Å². The summed E-state index contributed by atoms with van der Waals surface area (Å²) in [6.07, 6.45) is -4.18. The number of carbonyl (C=O) groups excluding carboxylic acids is 1. The summed E-state index contributed by atoms with van der Waals surface area (Å²) >= 11 is 0. The van der Waals surface area contributed by atoms with E-state index >= 15 is 0 Å². The molecule has 1 aliphatic heterocycles. The number of Topliss-reactive ketones (excluding diaryl/α,β-unsaturated/α-hetero) is 1. The van der Waals surface area contributed by atoms with Crippen LogP contribution >= 0.6 is 0 Å². The van der Waals surface area contributed by atoms with Gasteiger partial charge in [0.15, 0.2) is 5.78 Å². The third kappa shape index (κ3) is 11.4. The Morgan fingerprint density at radius 2 is 1.10 bits per heavy atom. The third-order valence-electron chi connectivity index (χ3n) is 10.7. The molecule has 0 aliphatic carbocycles. The topological polar surface area (TPSA) is 102 Å². The second-order valence-corrected chi connectivity index (χ2v) is 20.9. The lowest BCUT2D eigenvalue weighted by atomic mass is 9.97. The fourth-order valence-corrected chi connectivity index (χ4v) is 7.51. The minimum Gasteiger partial charge on any atom is -0.543 e. The molecule has 10 heteroatoms. The van der Waals surface area contributed by atoms with E-state index < -0.39 is 39.0 Å². The molecule has 0 saturated carbocycles. The molecule has 1 aliphatic rings. The summed E-state index contributed by atoms with van der Waals surface area (Å²) in [6, 6.07) is 42.7. The van der Waals surface area contributed by atoms with E-state index in [1.54, 1.807) is 6.07 Å². The molecule has 5 atom stereocenters. The summed E-state index contributed by atoms with van der Waals surface area (Å²) in [4.78, 5) is 13.2. The number of hydrogen-bond donors (Lipinski definition) is 1. The number of rotatable bonds is 18. The van der Waals surface area contributed by atoms with E-state index in [9.17, 15) is 9.90 Å². The molecule has 1 N–H and O–H groups in total. The summed E-state index contributed by atoms with van der Waals surface area (Å²) in [5.41, 5.74) is 3.90. The summed E-state index contributed by atoms with van der Waals surface area (Å²) < 4.78 is 47.0. The Morgan fingerprint density at radius 3 is 1.57 bits per heavy atom. The highest BCUT2D eigenvalue weighted by Gasteiger charge is 2.50. The van der Waals surface area contributed by atoms with Gasteiger partial charge in [0.05, 0.1) is 33.0 Å². The van der Waals surface area contributed by atoms with Gasteiger partial charge >= 0.3 is 0 Å². The fraction of sp³-hybridized carbons (Fsp3) is 0.354. The van der Waals surface area contributed by atoms with Crippen molar-refractivity contribution in [3.05, 3.63) is 161 Å². The molecule has 0 unspecified atom stereocenters. The van der Waals surface area contributed by atoms with Crippen molar-refractivity contribution >= 4 is 14.1 Å². The molecular weight excluding hydrogens is 749 g/mol. The Labute approximate surface area is 343 Å². The van der Waals surface area contributed by atoms with E-state index in [-0.39, 0.29) is 54.3 Å². The molecule has 6 rings (SSSR count). The van der Waals surface area contributed by atoms with E-state index in [0.29, 0.717) is 12.4 Å². The second-order valence-electron chi connectivity index (χ2n) is 16.2. The van der Waals surface area contributed by atoms with Gasteiger partial charge in [-0.3, -0.25) is 4.79 Å². The molecule has 1 heterocycles. The number of phenolic OH excluding ortho intramolecular Hbond substituents is 1. The monoisotopic (exact) mass is 804 g/mol. The predicted molar refractivity (Wildman–Crippen MR) is 226 cm³/mol. The van der Waals surface area contributed by atoms with Gasteiger partial charge in [-0.1, -0.05) is 142 Å². The number of carbonyl (C=O) groups is 1. The maximum absolute atomic E-state index is 13.2. The minimum absolute atomic E-state index is 0.00840. The zero-order valence-electron chi connectivity index (χ0n) is 34.3. The van der Waals surface area contributed by atoms with Crippen molar-refractivity contribution in [3.8, 4) is 17.2 Å². The van der Waals surface area contributed by atoms with Crippen molar-refractivity contribution in [2.75, 3.05) is 6.61 Å². The van der Waals surface area contributed by atoms with Gasteiger partial charge in [0.1, 0.15) is 47.2 Å². The molecule has 58 heavy (non-hydrogen) atoms. The third-order valence-corrected chi connectivity index (χ3v) is 15.0. The highest BCUT2D eigenvalue weighted by molar-refractivity contribution is 6.74. The van der Waals surface area contributed by atoms with Gasteiger partial charge in [0.2, 0.25) is 14.6 Å². The maximum Gasteiger partial charge on any atom is 0.250 e. The number of ether oxygens (including phenoxy) is 6. The zero-order valence-corrected chi connectivity index (χ0v) is 35.3. The van der Waals surface area contributed by atoms with Crippen molar-refractivity contribution in [1.29, 1.82) is 0 Å². The highest BCUT2D eigenvalue weighted by Crippen LogP contribution is 2.42. The van der Waals surface area contributed by atoms with Crippen LogP contribution in [0.25, 0.3) is 0 Å². The van der Waals surface area contributed by atoms with Crippen molar-refractivity contribution in [2.24, 2.45) is 0 Å². The minimum atomic E-state index is -2.37. The van der Waals surface area contributed by atoms with Crippen molar-refractivity contribution in [3.63, 3.8) is 0 Å². The van der Waals surface area contributed by atoms with Gasteiger partial charge in [-0.15, -0.1) is 0 Å². The fourth-order valence-electron chi connectivity index (χ4n) is 6.50. The maximum atomic E-state index is 13.2. The Balaban J connectivity index is 1.41. The van der Waals surface area contributed by atoms with E-state index in [1.165, 1.54) is 13.0 Å². The van der Waals surface area contributed by atoms with Crippen molar-refractivity contribution < 1.29 is 42.7 Å². The first-order valence-corrected chi connectivity index (χ1v) is 22.8. The van der Waals surface area contributed by atoms with Gasteiger partial charge < -0.3 is 38.0 Å². The van der Waals surface area contributed by atoms with Gasteiger partial charge in [-0.2, -0.15) is 0 Å². The summed E-state index contributed by atoms with van der Waals surface area (Å²) in [7, 11) is -2.37. The first-order valence-electron chi connectivity index (χ1n) is 19.9. The Morgan fingerprint density at radius 1 is 0.655 bits per heavy atom. The molecule has 0 amide bonds. The van der Waals surface area contributed by atoms with Gasteiger partial charge in [0.25, 0.3) is 0 Å². The van der Waals surface area contributed by atoms with Gasteiger partial charge in [-0.05, 0) is 47.3 Å². The normalized spacial score (nSPS) is 19.7. The largest absolute Gasteiger partial charge is 0.543 e.